The zero-order chi connectivity index (χ0) is 11.8. The molecule has 0 aromatic heterocycles. The molecule has 0 aliphatic carbocycles. The Balaban J connectivity index is 1.83. The molecule has 3 aliphatic rings. The van der Waals surface area contributed by atoms with Gasteiger partial charge in [0, 0.05) is 30.7 Å². The van der Waals surface area contributed by atoms with Crippen LogP contribution < -0.4 is 5.32 Å². The van der Waals surface area contributed by atoms with Gasteiger partial charge in [-0.25, -0.2) is 0 Å². The Morgan fingerprint density at radius 1 is 1.41 bits per heavy atom. The lowest BCUT2D eigenvalue weighted by Gasteiger charge is -2.46. The standard InChI is InChI=1S/C14H18N2O/c1-10-3-2-4-11(7-10)14(17)16-9-12-5-6-13(16)8-15-12/h2-4,7,12-13,15H,5-6,8-9H2,1H3. The zero-order valence-electron chi connectivity index (χ0n) is 10.1. The monoisotopic (exact) mass is 230 g/mol. The van der Waals surface area contributed by atoms with E-state index in [2.05, 4.69) is 10.2 Å². The highest BCUT2D eigenvalue weighted by atomic mass is 16.2. The zero-order valence-corrected chi connectivity index (χ0v) is 10.1. The first-order valence-corrected chi connectivity index (χ1v) is 6.35. The number of hydrogen-bond acceptors (Lipinski definition) is 2. The first-order chi connectivity index (χ1) is 8.24. The second-order valence-corrected chi connectivity index (χ2v) is 5.16. The highest BCUT2D eigenvalue weighted by Gasteiger charge is 2.36. The number of rotatable bonds is 1. The number of nitrogens with zero attached hydrogens (tertiary/aromatic N) is 1. The van der Waals surface area contributed by atoms with Crippen LogP contribution in [-0.4, -0.2) is 36.0 Å². The fourth-order valence-electron chi connectivity index (χ4n) is 2.90. The van der Waals surface area contributed by atoms with Crippen molar-refractivity contribution < 1.29 is 4.79 Å². The highest BCUT2D eigenvalue weighted by Crippen LogP contribution is 2.24. The van der Waals surface area contributed by atoms with Gasteiger partial charge in [0.15, 0.2) is 0 Å². The second-order valence-electron chi connectivity index (χ2n) is 5.16. The smallest absolute Gasteiger partial charge is 0.254 e. The minimum atomic E-state index is 0.199. The number of benzene rings is 1. The van der Waals surface area contributed by atoms with Crippen molar-refractivity contribution in [1.29, 1.82) is 0 Å². The van der Waals surface area contributed by atoms with E-state index in [9.17, 15) is 4.79 Å². The minimum Gasteiger partial charge on any atom is -0.333 e. The summed E-state index contributed by atoms with van der Waals surface area (Å²) in [6, 6.07) is 8.80. The van der Waals surface area contributed by atoms with Gasteiger partial charge in [-0.1, -0.05) is 17.7 Å². The first kappa shape index (κ1) is 10.8. The lowest BCUT2D eigenvalue weighted by Crippen LogP contribution is -2.62. The Morgan fingerprint density at radius 3 is 2.88 bits per heavy atom. The van der Waals surface area contributed by atoms with Crippen LogP contribution in [0.25, 0.3) is 0 Å². The van der Waals surface area contributed by atoms with Crippen molar-refractivity contribution in [2.45, 2.75) is 31.8 Å². The lowest BCUT2D eigenvalue weighted by atomic mass is 9.92. The van der Waals surface area contributed by atoms with Gasteiger partial charge in [0.2, 0.25) is 0 Å². The molecule has 2 bridgehead atoms. The fraction of sp³-hybridized carbons (Fsp3) is 0.500. The van der Waals surface area contributed by atoms with Gasteiger partial charge < -0.3 is 10.2 Å². The average molecular weight is 230 g/mol. The van der Waals surface area contributed by atoms with E-state index in [4.69, 9.17) is 0 Å². The van der Waals surface area contributed by atoms with Crippen LogP contribution in [0.3, 0.4) is 0 Å². The summed E-state index contributed by atoms with van der Waals surface area (Å²) in [6.07, 6.45) is 2.36. The van der Waals surface area contributed by atoms with Gasteiger partial charge in [-0.2, -0.15) is 0 Å². The molecule has 0 saturated carbocycles. The van der Waals surface area contributed by atoms with E-state index in [1.807, 2.05) is 31.2 Å². The maximum Gasteiger partial charge on any atom is 0.254 e. The Bertz CT molecular complexity index is 436. The van der Waals surface area contributed by atoms with E-state index >= 15 is 0 Å². The van der Waals surface area contributed by atoms with Crippen molar-refractivity contribution >= 4 is 5.91 Å². The predicted octanol–water partition coefficient (Wildman–Crippen LogP) is 1.57. The minimum absolute atomic E-state index is 0.199. The Kier molecular flexibility index (Phi) is 2.63. The number of amides is 1. The van der Waals surface area contributed by atoms with E-state index < -0.39 is 0 Å². The molecular weight excluding hydrogens is 212 g/mol. The molecule has 3 heterocycles. The van der Waals surface area contributed by atoms with Crippen LogP contribution in [0.5, 0.6) is 0 Å². The summed E-state index contributed by atoms with van der Waals surface area (Å²) in [5.41, 5.74) is 1.98. The van der Waals surface area contributed by atoms with E-state index in [0.29, 0.717) is 12.1 Å². The summed E-state index contributed by atoms with van der Waals surface area (Å²) >= 11 is 0. The van der Waals surface area contributed by atoms with Crippen LogP contribution >= 0.6 is 0 Å². The van der Waals surface area contributed by atoms with Crippen molar-refractivity contribution in [1.82, 2.24) is 10.2 Å². The molecule has 0 radical (unpaired) electrons. The molecule has 90 valence electrons. The highest BCUT2D eigenvalue weighted by molar-refractivity contribution is 5.94. The van der Waals surface area contributed by atoms with Gasteiger partial charge in [-0.05, 0) is 31.9 Å². The number of nitrogens with one attached hydrogen (secondary N) is 1. The number of aryl methyl sites for hydroxylation is 1. The van der Waals surface area contributed by atoms with Gasteiger partial charge >= 0.3 is 0 Å². The number of carbonyl (C=O) groups excluding carboxylic acids is 1. The van der Waals surface area contributed by atoms with E-state index in [1.165, 1.54) is 6.42 Å². The molecule has 3 aliphatic heterocycles. The summed E-state index contributed by atoms with van der Waals surface area (Å²) in [5, 5.41) is 3.47. The van der Waals surface area contributed by atoms with Gasteiger partial charge in [0.05, 0.1) is 0 Å². The Hall–Kier alpha value is -1.35. The Labute approximate surface area is 102 Å². The maximum atomic E-state index is 12.4. The summed E-state index contributed by atoms with van der Waals surface area (Å²) in [4.78, 5) is 14.5. The fourth-order valence-corrected chi connectivity index (χ4v) is 2.90. The molecule has 1 aromatic rings. The molecule has 1 aromatic carbocycles. The third kappa shape index (κ3) is 1.95. The normalized spacial score (nSPS) is 27.2. The molecule has 2 atom stereocenters. The quantitative estimate of drug-likeness (QED) is 0.794. The summed E-state index contributed by atoms with van der Waals surface area (Å²) in [6.45, 7) is 3.86. The Morgan fingerprint density at radius 2 is 2.29 bits per heavy atom. The topological polar surface area (TPSA) is 32.3 Å². The van der Waals surface area contributed by atoms with E-state index in [1.54, 1.807) is 0 Å². The maximum absolute atomic E-state index is 12.4. The summed E-state index contributed by atoms with van der Waals surface area (Å²) < 4.78 is 0. The number of piperazine rings is 1. The molecular formula is C14H18N2O. The molecule has 4 rings (SSSR count). The SMILES string of the molecule is Cc1cccc(C(=O)N2CC3CCC2CN3)c1. The number of fused-ring (bicyclic) bond motifs is 3. The molecule has 3 fully saturated rings. The summed E-state index contributed by atoms with van der Waals surface area (Å²) in [7, 11) is 0. The number of piperidine rings is 2. The lowest BCUT2D eigenvalue weighted by molar-refractivity contribution is 0.0441. The average Bonchev–Trinajstić information content (AvgIpc) is 2.39. The molecule has 1 amide bonds. The van der Waals surface area contributed by atoms with Crippen molar-refractivity contribution in [2.75, 3.05) is 13.1 Å². The van der Waals surface area contributed by atoms with Gasteiger partial charge in [-0.3, -0.25) is 4.79 Å². The van der Waals surface area contributed by atoms with Crippen LogP contribution in [0, 0.1) is 6.92 Å². The second kappa shape index (κ2) is 4.15. The van der Waals surface area contributed by atoms with Crippen molar-refractivity contribution in [2.24, 2.45) is 0 Å². The summed E-state index contributed by atoms with van der Waals surface area (Å²) in [5.74, 6) is 0.199. The predicted molar refractivity (Wildman–Crippen MR) is 67.0 cm³/mol. The molecule has 0 spiro atoms. The van der Waals surface area contributed by atoms with Crippen molar-refractivity contribution in [3.05, 3.63) is 35.4 Å². The van der Waals surface area contributed by atoms with E-state index in [0.717, 1.165) is 30.6 Å². The molecule has 3 heteroatoms. The van der Waals surface area contributed by atoms with Crippen molar-refractivity contribution in [3.8, 4) is 0 Å². The van der Waals surface area contributed by atoms with Crippen LogP contribution in [0.2, 0.25) is 0 Å². The van der Waals surface area contributed by atoms with Crippen LogP contribution in [0.4, 0.5) is 0 Å². The van der Waals surface area contributed by atoms with Crippen LogP contribution in [0.1, 0.15) is 28.8 Å². The number of hydrogen-bond donors (Lipinski definition) is 1. The van der Waals surface area contributed by atoms with Gasteiger partial charge in [-0.15, -0.1) is 0 Å². The first-order valence-electron chi connectivity index (χ1n) is 6.35. The van der Waals surface area contributed by atoms with Gasteiger partial charge in [0.1, 0.15) is 0 Å². The van der Waals surface area contributed by atoms with Gasteiger partial charge in [0.25, 0.3) is 5.91 Å². The molecule has 17 heavy (non-hydrogen) atoms. The third-order valence-corrected chi connectivity index (χ3v) is 3.87. The van der Waals surface area contributed by atoms with Crippen molar-refractivity contribution in [3.63, 3.8) is 0 Å². The molecule has 2 unspecified atom stereocenters. The van der Waals surface area contributed by atoms with E-state index in [-0.39, 0.29) is 5.91 Å². The third-order valence-electron chi connectivity index (χ3n) is 3.87. The van der Waals surface area contributed by atoms with Crippen LogP contribution in [0.15, 0.2) is 24.3 Å². The largest absolute Gasteiger partial charge is 0.333 e. The number of carbonyl (C=O) groups is 1. The molecule has 3 saturated heterocycles. The molecule has 1 N–H and O–H groups in total. The van der Waals surface area contributed by atoms with Crippen LogP contribution in [-0.2, 0) is 0 Å². The molecule has 3 nitrogen and oxygen atoms in total.